The molecule has 1 N–H and O–H groups in total. The van der Waals surface area contributed by atoms with Crippen molar-refractivity contribution in [1.82, 2.24) is 9.80 Å². The van der Waals surface area contributed by atoms with E-state index in [9.17, 15) is 18.4 Å². The molecule has 2 rings (SSSR count). The van der Waals surface area contributed by atoms with Crippen molar-refractivity contribution in [2.75, 3.05) is 32.8 Å². The van der Waals surface area contributed by atoms with Gasteiger partial charge in [-0.2, -0.15) is 0 Å². The van der Waals surface area contributed by atoms with Gasteiger partial charge >= 0.3 is 0 Å². The Hall–Kier alpha value is -2.02. The molecule has 5 nitrogen and oxygen atoms in total. The van der Waals surface area contributed by atoms with E-state index in [2.05, 4.69) is 0 Å². The lowest BCUT2D eigenvalue weighted by Crippen LogP contribution is -2.45. The molecule has 1 saturated heterocycles. The van der Waals surface area contributed by atoms with Gasteiger partial charge in [-0.3, -0.25) is 9.59 Å². The van der Waals surface area contributed by atoms with Crippen molar-refractivity contribution in [3.05, 3.63) is 35.4 Å². The first kappa shape index (κ1) is 18.3. The van der Waals surface area contributed by atoms with E-state index < -0.39 is 17.5 Å². The van der Waals surface area contributed by atoms with Crippen LogP contribution in [-0.2, 0) is 4.79 Å². The van der Waals surface area contributed by atoms with Gasteiger partial charge in [-0.05, 0) is 31.9 Å². The summed E-state index contributed by atoms with van der Waals surface area (Å²) in [6.45, 7) is 3.30. The van der Waals surface area contributed by atoms with Crippen LogP contribution in [0.25, 0.3) is 0 Å². The minimum atomic E-state index is -0.877. The van der Waals surface area contributed by atoms with Gasteiger partial charge < -0.3 is 14.9 Å². The molecule has 0 aliphatic carbocycles. The minimum absolute atomic E-state index is 0.0217. The smallest absolute Gasteiger partial charge is 0.256 e. The Morgan fingerprint density at radius 1 is 1.29 bits per heavy atom. The highest BCUT2D eigenvalue weighted by Gasteiger charge is 2.30. The van der Waals surface area contributed by atoms with E-state index in [0.717, 1.165) is 12.1 Å². The zero-order valence-electron chi connectivity index (χ0n) is 13.7. The molecule has 7 heteroatoms. The Labute approximate surface area is 139 Å². The van der Waals surface area contributed by atoms with Gasteiger partial charge in [0.15, 0.2) is 0 Å². The number of halogens is 2. The first-order valence-corrected chi connectivity index (χ1v) is 8.11. The summed E-state index contributed by atoms with van der Waals surface area (Å²) in [7, 11) is 0. The summed E-state index contributed by atoms with van der Waals surface area (Å²) in [5.74, 6) is -2.30. The molecular formula is C17H22F2N2O3. The van der Waals surface area contributed by atoms with Crippen molar-refractivity contribution < 1.29 is 23.5 Å². The van der Waals surface area contributed by atoms with E-state index in [4.69, 9.17) is 5.11 Å². The summed E-state index contributed by atoms with van der Waals surface area (Å²) >= 11 is 0. The number of nitrogens with zero attached hydrogens (tertiary/aromatic N) is 2. The standard InChI is InChI=1S/C17H22F2N2O3/c1-2-20(9-10-22)16(23)12-5-7-21(8-6-12)17(24)14-4-3-13(18)11-15(14)19/h3-4,11-12,22H,2,5-10H2,1H3. The molecule has 2 amide bonds. The maximum Gasteiger partial charge on any atom is 0.256 e. The third kappa shape index (κ3) is 4.08. The zero-order chi connectivity index (χ0) is 17.7. The van der Waals surface area contributed by atoms with Crippen molar-refractivity contribution in [1.29, 1.82) is 0 Å². The van der Waals surface area contributed by atoms with Gasteiger partial charge in [0.05, 0.1) is 12.2 Å². The molecule has 1 heterocycles. The summed E-state index contributed by atoms with van der Waals surface area (Å²) in [6.07, 6.45) is 0.991. The maximum absolute atomic E-state index is 13.7. The molecule has 0 spiro atoms. The van der Waals surface area contributed by atoms with Crippen molar-refractivity contribution in [2.45, 2.75) is 19.8 Å². The number of aliphatic hydroxyl groups is 1. The third-order valence-corrected chi connectivity index (χ3v) is 4.36. The van der Waals surface area contributed by atoms with Crippen molar-refractivity contribution in [3.63, 3.8) is 0 Å². The summed E-state index contributed by atoms with van der Waals surface area (Å²) < 4.78 is 26.7. The van der Waals surface area contributed by atoms with Crippen LogP contribution in [0.1, 0.15) is 30.1 Å². The van der Waals surface area contributed by atoms with Crippen LogP contribution >= 0.6 is 0 Å². The van der Waals surface area contributed by atoms with Crippen LogP contribution in [0.3, 0.4) is 0 Å². The largest absolute Gasteiger partial charge is 0.395 e. The van der Waals surface area contributed by atoms with Gasteiger partial charge in [0.1, 0.15) is 11.6 Å². The summed E-state index contributed by atoms with van der Waals surface area (Å²) in [5.41, 5.74) is -0.156. The molecule has 1 fully saturated rings. The third-order valence-electron chi connectivity index (χ3n) is 4.36. The number of piperidine rings is 1. The van der Waals surface area contributed by atoms with Gasteiger partial charge in [0, 0.05) is 38.2 Å². The Bertz CT molecular complexity index is 601. The number of likely N-dealkylation sites (tertiary alicyclic amines) is 1. The quantitative estimate of drug-likeness (QED) is 0.887. The molecule has 1 aromatic rings. The molecular weight excluding hydrogens is 318 g/mol. The zero-order valence-corrected chi connectivity index (χ0v) is 13.7. The lowest BCUT2D eigenvalue weighted by molar-refractivity contribution is -0.137. The van der Waals surface area contributed by atoms with E-state index in [-0.39, 0.29) is 24.0 Å². The molecule has 0 saturated carbocycles. The fourth-order valence-electron chi connectivity index (χ4n) is 2.97. The minimum Gasteiger partial charge on any atom is -0.395 e. The van der Waals surface area contributed by atoms with Crippen LogP contribution in [0.4, 0.5) is 8.78 Å². The predicted molar refractivity (Wildman–Crippen MR) is 84.3 cm³/mol. The number of carbonyl (C=O) groups is 2. The van der Waals surface area contributed by atoms with Gasteiger partial charge in [0.2, 0.25) is 5.91 Å². The second-order valence-corrected chi connectivity index (χ2v) is 5.83. The fraction of sp³-hybridized carbons (Fsp3) is 0.529. The molecule has 132 valence electrons. The van der Waals surface area contributed by atoms with Crippen LogP contribution in [0.2, 0.25) is 0 Å². The predicted octanol–water partition coefficient (Wildman–Crippen LogP) is 1.66. The van der Waals surface area contributed by atoms with Crippen LogP contribution in [0.15, 0.2) is 18.2 Å². The van der Waals surface area contributed by atoms with Gasteiger partial charge in [-0.1, -0.05) is 0 Å². The van der Waals surface area contributed by atoms with Crippen LogP contribution in [0.5, 0.6) is 0 Å². The highest BCUT2D eigenvalue weighted by atomic mass is 19.1. The van der Waals surface area contributed by atoms with E-state index in [1.807, 2.05) is 6.92 Å². The summed E-state index contributed by atoms with van der Waals surface area (Å²) in [4.78, 5) is 27.8. The average molecular weight is 340 g/mol. The molecule has 0 unspecified atom stereocenters. The van der Waals surface area contributed by atoms with E-state index in [1.165, 1.54) is 4.90 Å². The Morgan fingerprint density at radius 2 is 1.96 bits per heavy atom. The monoisotopic (exact) mass is 340 g/mol. The summed E-state index contributed by atoms with van der Waals surface area (Å²) in [6, 6.07) is 2.89. The maximum atomic E-state index is 13.7. The molecule has 0 bridgehead atoms. The van der Waals surface area contributed by atoms with Gasteiger partial charge in [-0.25, -0.2) is 8.78 Å². The van der Waals surface area contributed by atoms with E-state index >= 15 is 0 Å². The van der Waals surface area contributed by atoms with Crippen molar-refractivity contribution in [3.8, 4) is 0 Å². The Morgan fingerprint density at radius 3 is 2.50 bits per heavy atom. The lowest BCUT2D eigenvalue weighted by atomic mass is 9.94. The molecule has 0 radical (unpaired) electrons. The second kappa shape index (κ2) is 8.19. The van der Waals surface area contributed by atoms with Crippen LogP contribution in [-0.4, -0.2) is 59.5 Å². The Balaban J connectivity index is 1.97. The first-order valence-electron chi connectivity index (χ1n) is 8.11. The number of amides is 2. The fourth-order valence-corrected chi connectivity index (χ4v) is 2.97. The molecule has 1 aliphatic rings. The number of aliphatic hydroxyl groups excluding tert-OH is 1. The van der Waals surface area contributed by atoms with E-state index in [1.54, 1.807) is 4.90 Å². The summed E-state index contributed by atoms with van der Waals surface area (Å²) in [5, 5.41) is 8.99. The normalized spacial score (nSPS) is 15.4. The number of hydrogen-bond donors (Lipinski definition) is 1. The topological polar surface area (TPSA) is 60.9 Å². The van der Waals surface area contributed by atoms with Gasteiger partial charge in [-0.15, -0.1) is 0 Å². The van der Waals surface area contributed by atoms with Crippen LogP contribution < -0.4 is 0 Å². The number of rotatable bonds is 5. The average Bonchev–Trinajstić information content (AvgIpc) is 2.58. The van der Waals surface area contributed by atoms with Crippen molar-refractivity contribution >= 4 is 11.8 Å². The second-order valence-electron chi connectivity index (χ2n) is 5.83. The molecule has 0 atom stereocenters. The van der Waals surface area contributed by atoms with Gasteiger partial charge in [0.25, 0.3) is 5.91 Å². The number of benzene rings is 1. The van der Waals surface area contributed by atoms with Crippen molar-refractivity contribution in [2.24, 2.45) is 5.92 Å². The lowest BCUT2D eigenvalue weighted by Gasteiger charge is -2.34. The highest BCUT2D eigenvalue weighted by Crippen LogP contribution is 2.22. The Kier molecular flexibility index (Phi) is 6.25. The molecule has 1 aromatic carbocycles. The molecule has 24 heavy (non-hydrogen) atoms. The van der Waals surface area contributed by atoms with Crippen LogP contribution in [0, 0.1) is 17.6 Å². The highest BCUT2D eigenvalue weighted by molar-refractivity contribution is 5.94. The molecule has 1 aliphatic heterocycles. The molecule has 0 aromatic heterocycles. The number of carbonyl (C=O) groups excluding carboxylic acids is 2. The SMILES string of the molecule is CCN(CCO)C(=O)C1CCN(C(=O)c2ccc(F)cc2F)CC1. The number of likely N-dealkylation sites (N-methyl/N-ethyl adjacent to an activating group) is 1. The number of hydrogen-bond acceptors (Lipinski definition) is 3. The first-order chi connectivity index (χ1) is 11.5. The van der Waals surface area contributed by atoms with E-state index in [0.29, 0.717) is 45.1 Å².